The third kappa shape index (κ3) is 1.25. The van der Waals surface area contributed by atoms with Gasteiger partial charge in [-0.25, -0.2) is 0 Å². The Hall–Kier alpha value is -0.660. The van der Waals surface area contributed by atoms with Crippen molar-refractivity contribution >= 4 is 0 Å². The Morgan fingerprint density at radius 1 is 1.50 bits per heavy atom. The third-order valence-electron chi connectivity index (χ3n) is 2.04. The fourth-order valence-electron chi connectivity index (χ4n) is 0.775. The molecular weight excluding hydrogens is 124 g/mol. The SMILES string of the molecule is CCC(C)(C)[C]1C=CN=N1. The van der Waals surface area contributed by atoms with Crippen LogP contribution >= 0.6 is 0 Å². The lowest BCUT2D eigenvalue weighted by Crippen LogP contribution is -2.16. The van der Waals surface area contributed by atoms with E-state index >= 15 is 0 Å². The molecule has 1 rings (SSSR count). The normalized spacial score (nSPS) is 18.7. The Morgan fingerprint density at radius 2 is 2.20 bits per heavy atom. The summed E-state index contributed by atoms with van der Waals surface area (Å²) in [5.74, 6) is 0. The van der Waals surface area contributed by atoms with Crippen LogP contribution in [-0.4, -0.2) is 0 Å². The zero-order valence-electron chi connectivity index (χ0n) is 6.76. The van der Waals surface area contributed by atoms with Gasteiger partial charge in [-0.05, 0) is 17.9 Å². The lowest BCUT2D eigenvalue weighted by Gasteiger charge is -2.23. The molecule has 0 bridgehead atoms. The molecule has 0 aliphatic carbocycles. The number of azo groups is 1. The highest BCUT2D eigenvalue weighted by molar-refractivity contribution is 5.17. The highest BCUT2D eigenvalue weighted by Gasteiger charge is 2.28. The van der Waals surface area contributed by atoms with E-state index in [1.54, 1.807) is 6.20 Å². The maximum absolute atomic E-state index is 4.01. The zero-order valence-corrected chi connectivity index (χ0v) is 6.76. The van der Waals surface area contributed by atoms with Crippen molar-refractivity contribution in [2.75, 3.05) is 0 Å². The van der Waals surface area contributed by atoms with Crippen molar-refractivity contribution in [3.8, 4) is 0 Å². The predicted molar refractivity (Wildman–Crippen MR) is 41.3 cm³/mol. The van der Waals surface area contributed by atoms with Crippen LogP contribution in [0.2, 0.25) is 0 Å². The summed E-state index contributed by atoms with van der Waals surface area (Å²) in [6, 6.07) is 1.09. The molecule has 0 spiro atoms. The van der Waals surface area contributed by atoms with E-state index in [0.29, 0.717) is 0 Å². The van der Waals surface area contributed by atoms with Crippen LogP contribution in [0.4, 0.5) is 0 Å². The van der Waals surface area contributed by atoms with E-state index in [0.717, 1.165) is 12.5 Å². The topological polar surface area (TPSA) is 24.7 Å². The van der Waals surface area contributed by atoms with Crippen LogP contribution in [0.15, 0.2) is 22.5 Å². The number of rotatable bonds is 2. The van der Waals surface area contributed by atoms with Crippen LogP contribution in [0.1, 0.15) is 27.2 Å². The minimum Gasteiger partial charge on any atom is -0.175 e. The van der Waals surface area contributed by atoms with Gasteiger partial charge in [0.1, 0.15) is 6.04 Å². The molecule has 55 valence electrons. The summed E-state index contributed by atoms with van der Waals surface area (Å²) in [4.78, 5) is 0. The van der Waals surface area contributed by atoms with Gasteiger partial charge in [0.05, 0.1) is 0 Å². The number of nitrogens with zero attached hydrogens (tertiary/aromatic N) is 2. The molecular formula is C8H13N2. The first-order valence-corrected chi connectivity index (χ1v) is 3.61. The Balaban J connectivity index is 2.64. The molecule has 0 N–H and O–H groups in total. The second kappa shape index (κ2) is 2.52. The number of hydrogen-bond donors (Lipinski definition) is 0. The molecule has 10 heavy (non-hydrogen) atoms. The smallest absolute Gasteiger partial charge is 0.138 e. The first kappa shape index (κ1) is 7.45. The summed E-state index contributed by atoms with van der Waals surface area (Å²) < 4.78 is 0. The van der Waals surface area contributed by atoms with Crippen LogP contribution < -0.4 is 0 Å². The highest BCUT2D eigenvalue weighted by Crippen LogP contribution is 2.36. The monoisotopic (exact) mass is 137 g/mol. The second-order valence-corrected chi connectivity index (χ2v) is 3.15. The quantitative estimate of drug-likeness (QED) is 0.559. The third-order valence-corrected chi connectivity index (χ3v) is 2.04. The molecule has 1 radical (unpaired) electrons. The van der Waals surface area contributed by atoms with Crippen molar-refractivity contribution in [2.24, 2.45) is 15.6 Å². The van der Waals surface area contributed by atoms with Gasteiger partial charge in [0, 0.05) is 6.20 Å². The van der Waals surface area contributed by atoms with Gasteiger partial charge in [-0.2, -0.15) is 10.2 Å². The predicted octanol–water partition coefficient (Wildman–Crippen LogP) is 2.93. The molecule has 0 saturated carbocycles. The van der Waals surface area contributed by atoms with E-state index in [2.05, 4.69) is 31.0 Å². The minimum atomic E-state index is 0.191. The first-order valence-electron chi connectivity index (χ1n) is 3.61. The first-order chi connectivity index (χ1) is 4.67. The average Bonchev–Trinajstić information content (AvgIpc) is 2.38. The van der Waals surface area contributed by atoms with Crippen LogP contribution in [-0.2, 0) is 0 Å². The molecule has 1 heterocycles. The van der Waals surface area contributed by atoms with E-state index in [4.69, 9.17) is 0 Å². The van der Waals surface area contributed by atoms with Crippen LogP contribution in [0.25, 0.3) is 0 Å². The van der Waals surface area contributed by atoms with Crippen molar-refractivity contribution < 1.29 is 0 Å². The molecule has 2 nitrogen and oxygen atoms in total. The van der Waals surface area contributed by atoms with E-state index in [9.17, 15) is 0 Å². The standard InChI is InChI=1S/C8H13N2/c1-4-8(2,3)7-5-6-9-10-7/h5-6H,4H2,1-3H3. The van der Waals surface area contributed by atoms with Crippen molar-refractivity contribution in [3.63, 3.8) is 0 Å². The maximum Gasteiger partial charge on any atom is 0.138 e. The minimum absolute atomic E-state index is 0.191. The molecule has 0 amide bonds. The summed E-state index contributed by atoms with van der Waals surface area (Å²) >= 11 is 0. The highest BCUT2D eigenvalue weighted by atomic mass is 15.1. The van der Waals surface area contributed by atoms with Gasteiger partial charge >= 0.3 is 0 Å². The summed E-state index contributed by atoms with van der Waals surface area (Å²) in [7, 11) is 0. The maximum atomic E-state index is 4.01. The molecule has 0 aromatic rings. The Morgan fingerprint density at radius 3 is 2.60 bits per heavy atom. The van der Waals surface area contributed by atoms with Gasteiger partial charge < -0.3 is 0 Å². The van der Waals surface area contributed by atoms with Gasteiger partial charge in [0.15, 0.2) is 0 Å². The summed E-state index contributed by atoms with van der Waals surface area (Å²) in [5, 5.41) is 7.80. The number of hydrogen-bond acceptors (Lipinski definition) is 2. The molecule has 0 aromatic heterocycles. The molecule has 1 aliphatic rings. The van der Waals surface area contributed by atoms with Crippen molar-refractivity contribution in [1.82, 2.24) is 0 Å². The Kier molecular flexibility index (Phi) is 1.88. The lowest BCUT2D eigenvalue weighted by molar-refractivity contribution is 0.383. The molecule has 0 unspecified atom stereocenters. The van der Waals surface area contributed by atoms with E-state index in [-0.39, 0.29) is 5.41 Å². The molecule has 0 saturated heterocycles. The van der Waals surface area contributed by atoms with E-state index < -0.39 is 0 Å². The summed E-state index contributed by atoms with van der Waals surface area (Å²) in [6.07, 6.45) is 4.82. The van der Waals surface area contributed by atoms with Gasteiger partial charge in [0.25, 0.3) is 0 Å². The van der Waals surface area contributed by atoms with Crippen molar-refractivity contribution in [1.29, 1.82) is 0 Å². The van der Waals surface area contributed by atoms with Gasteiger partial charge in [-0.15, -0.1) is 0 Å². The molecule has 0 fully saturated rings. The molecule has 0 atom stereocenters. The zero-order chi connectivity index (χ0) is 7.61. The summed E-state index contributed by atoms with van der Waals surface area (Å²) in [5.41, 5.74) is 0.191. The largest absolute Gasteiger partial charge is 0.175 e. The van der Waals surface area contributed by atoms with Crippen LogP contribution in [0, 0.1) is 11.5 Å². The van der Waals surface area contributed by atoms with Crippen LogP contribution in [0.5, 0.6) is 0 Å². The van der Waals surface area contributed by atoms with Gasteiger partial charge in [0.2, 0.25) is 0 Å². The average molecular weight is 137 g/mol. The van der Waals surface area contributed by atoms with Crippen molar-refractivity contribution in [2.45, 2.75) is 27.2 Å². The van der Waals surface area contributed by atoms with E-state index in [1.165, 1.54) is 0 Å². The second-order valence-electron chi connectivity index (χ2n) is 3.15. The summed E-state index contributed by atoms with van der Waals surface area (Å²) in [6.45, 7) is 6.52. The Labute approximate surface area is 62.0 Å². The Bertz CT molecular complexity index is 156. The van der Waals surface area contributed by atoms with Crippen molar-refractivity contribution in [3.05, 3.63) is 18.3 Å². The molecule has 2 heteroatoms. The van der Waals surface area contributed by atoms with Crippen LogP contribution in [0.3, 0.4) is 0 Å². The fraction of sp³-hybridized carbons (Fsp3) is 0.625. The van der Waals surface area contributed by atoms with E-state index in [1.807, 2.05) is 6.08 Å². The molecule has 1 aliphatic heterocycles. The lowest BCUT2D eigenvalue weighted by atomic mass is 9.82. The fourth-order valence-corrected chi connectivity index (χ4v) is 0.775. The molecule has 0 aromatic carbocycles. The van der Waals surface area contributed by atoms with Gasteiger partial charge in [-0.3, -0.25) is 0 Å². The van der Waals surface area contributed by atoms with Gasteiger partial charge in [-0.1, -0.05) is 20.8 Å².